The monoisotopic (exact) mass is 421 g/mol. The molecule has 0 unspecified atom stereocenters. The normalized spacial score (nSPS) is 13.5. The van der Waals surface area contributed by atoms with Crippen molar-refractivity contribution >= 4 is 5.78 Å². The third-order valence-electron chi connectivity index (χ3n) is 4.72. The highest BCUT2D eigenvalue weighted by atomic mass is 16.5. The Hall–Kier alpha value is -3.80. The second-order valence-electron chi connectivity index (χ2n) is 7.23. The van der Waals surface area contributed by atoms with E-state index in [1.807, 2.05) is 19.1 Å². The average Bonchev–Trinajstić information content (AvgIpc) is 2.74. The molecule has 0 aliphatic carbocycles. The molecule has 0 spiro atoms. The number of carbonyl (C=O) groups excluding carboxylic acids is 1. The predicted octanol–water partition coefficient (Wildman–Crippen LogP) is 5.01. The van der Waals surface area contributed by atoms with Gasteiger partial charge in [-0.2, -0.15) is 4.73 Å². The number of phenols is 1. The van der Waals surface area contributed by atoms with Gasteiger partial charge in [0.15, 0.2) is 5.78 Å². The Morgan fingerprint density at radius 3 is 2.29 bits per heavy atom. The van der Waals surface area contributed by atoms with Crippen molar-refractivity contribution < 1.29 is 20.2 Å². The predicted molar refractivity (Wildman–Crippen MR) is 122 cm³/mol. The molecule has 1 aromatic carbocycles. The summed E-state index contributed by atoms with van der Waals surface area (Å²) in [5, 5.41) is 29.8. The van der Waals surface area contributed by atoms with Crippen LogP contribution in [0.15, 0.2) is 83.4 Å². The Bertz CT molecular complexity index is 1100. The molecule has 6 heteroatoms. The van der Waals surface area contributed by atoms with E-state index in [1.54, 1.807) is 12.2 Å². The molecule has 0 radical (unpaired) electrons. The van der Waals surface area contributed by atoms with Gasteiger partial charge in [-0.3, -0.25) is 9.59 Å². The van der Waals surface area contributed by atoms with E-state index in [1.165, 1.54) is 30.3 Å². The minimum absolute atomic E-state index is 0.0196. The Balaban J connectivity index is 2.22. The number of hydrogen-bond acceptors (Lipinski definition) is 5. The second-order valence-corrected chi connectivity index (χ2v) is 7.23. The molecular formula is C25H27NO5. The lowest BCUT2D eigenvalue weighted by atomic mass is 10.0. The van der Waals surface area contributed by atoms with Gasteiger partial charge in [-0.05, 0) is 36.6 Å². The van der Waals surface area contributed by atoms with Crippen molar-refractivity contribution in [3.63, 3.8) is 0 Å². The molecule has 1 aromatic heterocycles. The first-order valence-corrected chi connectivity index (χ1v) is 9.96. The van der Waals surface area contributed by atoms with Gasteiger partial charge in [0.2, 0.25) is 0 Å². The second kappa shape index (κ2) is 10.8. The smallest absolute Gasteiger partial charge is 0.297 e. The molecule has 0 saturated heterocycles. The topological polar surface area (TPSA) is 99.8 Å². The zero-order valence-corrected chi connectivity index (χ0v) is 17.8. The van der Waals surface area contributed by atoms with Crippen molar-refractivity contribution in [2.24, 2.45) is 5.92 Å². The molecule has 0 amide bonds. The number of nitrogens with zero attached hydrogens (tertiary/aromatic N) is 1. The quantitative estimate of drug-likeness (QED) is 0.241. The zero-order valence-electron chi connectivity index (χ0n) is 17.8. The van der Waals surface area contributed by atoms with Crippen LogP contribution in [0.1, 0.15) is 37.6 Å². The van der Waals surface area contributed by atoms with E-state index in [-0.39, 0.29) is 16.0 Å². The number of benzene rings is 1. The van der Waals surface area contributed by atoms with Gasteiger partial charge in [0.1, 0.15) is 17.1 Å². The standard InChI is InChI=1S/C25H27NO5/c1-4-17(2)15-18(3)9-7-5-6-8-10-22(28)23-24(29)21(16-26(31)25(23)30)19-11-13-20(27)14-12-19/h5-17,27,29,31H,4H2,1-3H3/b6-5+,9-7+,10-8+,18-15+/t17-/m0/s1. The molecular weight excluding hydrogens is 394 g/mol. The summed E-state index contributed by atoms with van der Waals surface area (Å²) in [6.45, 7) is 6.29. The summed E-state index contributed by atoms with van der Waals surface area (Å²) in [6.07, 6.45) is 14.0. The molecule has 162 valence electrons. The number of pyridine rings is 1. The van der Waals surface area contributed by atoms with E-state index < -0.39 is 22.7 Å². The maximum Gasteiger partial charge on any atom is 0.297 e. The van der Waals surface area contributed by atoms with Gasteiger partial charge in [0.25, 0.3) is 5.56 Å². The maximum absolute atomic E-state index is 12.5. The molecule has 2 rings (SSSR count). The number of aromatic nitrogens is 1. The molecule has 6 nitrogen and oxygen atoms in total. The molecule has 0 aliphatic heterocycles. The van der Waals surface area contributed by atoms with Crippen LogP contribution in [0.3, 0.4) is 0 Å². The maximum atomic E-state index is 12.5. The number of carbonyl (C=O) groups is 1. The van der Waals surface area contributed by atoms with Gasteiger partial charge >= 0.3 is 0 Å². The number of phenolic OH excluding ortho intramolecular Hbond substituents is 1. The van der Waals surface area contributed by atoms with E-state index in [9.17, 15) is 25.0 Å². The summed E-state index contributed by atoms with van der Waals surface area (Å²) in [6, 6.07) is 5.76. The van der Waals surface area contributed by atoms with Gasteiger partial charge in [-0.1, -0.05) is 74.4 Å². The largest absolute Gasteiger partial charge is 0.508 e. The summed E-state index contributed by atoms with van der Waals surface area (Å²) < 4.78 is 0.258. The Morgan fingerprint density at radius 1 is 1.06 bits per heavy atom. The number of hydrogen-bond donors (Lipinski definition) is 3. The van der Waals surface area contributed by atoms with E-state index in [0.717, 1.165) is 24.3 Å². The van der Waals surface area contributed by atoms with Gasteiger partial charge in [0, 0.05) is 5.56 Å². The highest BCUT2D eigenvalue weighted by Crippen LogP contribution is 2.31. The molecule has 31 heavy (non-hydrogen) atoms. The minimum Gasteiger partial charge on any atom is -0.508 e. The van der Waals surface area contributed by atoms with E-state index >= 15 is 0 Å². The summed E-state index contributed by atoms with van der Waals surface area (Å²) in [5.41, 5.74) is 0.0753. The van der Waals surface area contributed by atoms with Crippen LogP contribution in [0.25, 0.3) is 11.1 Å². The Morgan fingerprint density at radius 2 is 1.68 bits per heavy atom. The van der Waals surface area contributed by atoms with Crippen LogP contribution < -0.4 is 5.56 Å². The number of ketones is 1. The van der Waals surface area contributed by atoms with Crippen molar-refractivity contribution in [1.29, 1.82) is 0 Å². The van der Waals surface area contributed by atoms with Crippen LogP contribution in [0.2, 0.25) is 0 Å². The lowest BCUT2D eigenvalue weighted by Gasteiger charge is -2.10. The Kier molecular flexibility index (Phi) is 8.20. The first kappa shape index (κ1) is 23.5. The molecule has 0 aliphatic rings. The highest BCUT2D eigenvalue weighted by molar-refractivity contribution is 6.07. The van der Waals surface area contributed by atoms with Gasteiger partial charge in [-0.25, -0.2) is 0 Å². The third-order valence-corrected chi connectivity index (χ3v) is 4.72. The minimum atomic E-state index is -1.02. The van der Waals surface area contributed by atoms with Crippen molar-refractivity contribution in [2.75, 3.05) is 0 Å². The molecule has 2 aromatic rings. The molecule has 1 atom stereocenters. The fraction of sp³-hybridized carbons (Fsp3) is 0.200. The van der Waals surface area contributed by atoms with Gasteiger partial charge < -0.3 is 15.4 Å². The van der Waals surface area contributed by atoms with Crippen molar-refractivity contribution in [1.82, 2.24) is 4.73 Å². The fourth-order valence-corrected chi connectivity index (χ4v) is 2.85. The summed E-state index contributed by atoms with van der Waals surface area (Å²) in [7, 11) is 0. The van der Waals surface area contributed by atoms with Crippen LogP contribution in [-0.4, -0.2) is 25.9 Å². The summed E-state index contributed by atoms with van der Waals surface area (Å²) >= 11 is 0. The van der Waals surface area contributed by atoms with Crippen molar-refractivity contribution in [3.8, 4) is 22.6 Å². The van der Waals surface area contributed by atoms with Crippen LogP contribution in [0.4, 0.5) is 0 Å². The van der Waals surface area contributed by atoms with E-state index in [0.29, 0.717) is 11.5 Å². The van der Waals surface area contributed by atoms with Crippen LogP contribution in [0, 0.1) is 5.92 Å². The molecule has 0 fully saturated rings. The van der Waals surface area contributed by atoms with Crippen LogP contribution >= 0.6 is 0 Å². The lowest BCUT2D eigenvalue weighted by Crippen LogP contribution is -2.24. The number of aromatic hydroxyl groups is 2. The Labute approximate surface area is 181 Å². The van der Waals surface area contributed by atoms with Gasteiger partial charge in [0.05, 0.1) is 6.20 Å². The van der Waals surface area contributed by atoms with Crippen molar-refractivity contribution in [3.05, 3.63) is 94.5 Å². The zero-order chi connectivity index (χ0) is 23.0. The fourth-order valence-electron chi connectivity index (χ4n) is 2.85. The third kappa shape index (κ3) is 6.34. The average molecular weight is 421 g/mol. The summed E-state index contributed by atoms with van der Waals surface area (Å²) in [4.78, 5) is 24.7. The molecule has 1 heterocycles. The van der Waals surface area contributed by atoms with E-state index in [4.69, 9.17) is 0 Å². The number of rotatable bonds is 8. The first-order chi connectivity index (χ1) is 14.7. The number of allylic oxidation sites excluding steroid dienone is 8. The molecule has 0 bridgehead atoms. The van der Waals surface area contributed by atoms with Crippen LogP contribution in [-0.2, 0) is 0 Å². The van der Waals surface area contributed by atoms with Crippen LogP contribution in [0.5, 0.6) is 11.5 Å². The summed E-state index contributed by atoms with van der Waals surface area (Å²) in [5.74, 6) is -0.754. The highest BCUT2D eigenvalue weighted by Gasteiger charge is 2.20. The van der Waals surface area contributed by atoms with Gasteiger partial charge in [-0.15, -0.1) is 0 Å². The lowest BCUT2D eigenvalue weighted by molar-refractivity contribution is 0.103. The SMILES string of the molecule is CC[C@H](C)/C=C(C)/C=C/C=C/C=C/C(=O)c1c(O)c(-c2ccc(O)cc2)cn(O)c1=O. The first-order valence-electron chi connectivity index (χ1n) is 9.96. The van der Waals surface area contributed by atoms with Crippen molar-refractivity contribution in [2.45, 2.75) is 27.2 Å². The molecule has 0 saturated carbocycles. The molecule has 3 N–H and O–H groups in total. The van der Waals surface area contributed by atoms with E-state index in [2.05, 4.69) is 19.9 Å².